The second-order valence-electron chi connectivity index (χ2n) is 7.51. The summed E-state index contributed by atoms with van der Waals surface area (Å²) in [5.74, 6) is -1.69. The molecule has 0 saturated carbocycles. The predicted molar refractivity (Wildman–Crippen MR) is 121 cm³/mol. The Kier molecular flexibility index (Phi) is 4.72. The number of β-lactam (4-membered cyclic amide) rings is 1. The largest absolute Gasteiger partial charge is 0.300 e. The molecule has 32 heavy (non-hydrogen) atoms. The highest BCUT2D eigenvalue weighted by Gasteiger charge is 2.57. The van der Waals surface area contributed by atoms with Crippen LogP contribution in [-0.2, 0) is 4.79 Å². The predicted octanol–water partition coefficient (Wildman–Crippen LogP) is 4.48. The molecule has 2 aliphatic heterocycles. The van der Waals surface area contributed by atoms with Crippen molar-refractivity contribution < 1.29 is 19.3 Å². The molecule has 5 rings (SSSR count). The molecule has 0 bridgehead atoms. The Morgan fingerprint density at radius 1 is 0.969 bits per heavy atom. The molecule has 2 atom stereocenters. The number of rotatable bonds is 4. The van der Waals surface area contributed by atoms with Crippen LogP contribution in [0.25, 0.3) is 0 Å². The second kappa shape index (κ2) is 7.35. The highest BCUT2D eigenvalue weighted by atomic mass is 79.9. The van der Waals surface area contributed by atoms with E-state index in [2.05, 4.69) is 15.9 Å². The van der Waals surface area contributed by atoms with Crippen molar-refractivity contribution in [3.05, 3.63) is 90.1 Å². The summed E-state index contributed by atoms with van der Waals surface area (Å²) in [6.07, 6.45) is 0. The molecule has 2 aliphatic rings. The van der Waals surface area contributed by atoms with Crippen LogP contribution in [0.5, 0.6) is 0 Å². The lowest BCUT2D eigenvalue weighted by Gasteiger charge is -2.49. The lowest BCUT2D eigenvalue weighted by molar-refractivity contribution is -0.384. The van der Waals surface area contributed by atoms with Crippen LogP contribution in [0.4, 0.5) is 11.4 Å². The molecule has 8 nitrogen and oxygen atoms in total. The molecule has 3 amide bonds. The van der Waals surface area contributed by atoms with Gasteiger partial charge in [0.15, 0.2) is 0 Å². The molecule has 10 heteroatoms. The minimum atomic E-state index is -1.02. The number of nitro groups is 1. The van der Waals surface area contributed by atoms with Crippen LogP contribution in [0, 0.1) is 17.0 Å². The zero-order valence-electron chi connectivity index (χ0n) is 16.5. The SMILES string of the molecule is Cc1cc(N2C(=O)[C@@H](N3C(=O)c4ccc([N+](=O)[O-])cc4C3=O)[C@@H]2c2cccs2)ccc1Br. The van der Waals surface area contributed by atoms with Crippen molar-refractivity contribution in [1.82, 2.24) is 4.90 Å². The molecular formula is C22H14BrN3O5S. The smallest absolute Gasteiger partial charge is 0.270 e. The normalized spacial score (nSPS) is 19.9. The van der Waals surface area contributed by atoms with Crippen LogP contribution in [0.3, 0.4) is 0 Å². The monoisotopic (exact) mass is 511 g/mol. The summed E-state index contributed by atoms with van der Waals surface area (Å²) in [4.78, 5) is 53.4. The first-order chi connectivity index (χ1) is 15.3. The molecule has 0 unspecified atom stereocenters. The third-order valence-electron chi connectivity index (χ3n) is 5.71. The summed E-state index contributed by atoms with van der Waals surface area (Å²) in [5.41, 5.74) is 1.33. The topological polar surface area (TPSA) is 101 Å². The molecule has 1 saturated heterocycles. The Morgan fingerprint density at radius 3 is 2.38 bits per heavy atom. The van der Waals surface area contributed by atoms with Crippen LogP contribution in [-0.4, -0.2) is 33.6 Å². The number of anilines is 1. The number of carbonyl (C=O) groups is 3. The van der Waals surface area contributed by atoms with Crippen LogP contribution in [0.2, 0.25) is 0 Å². The maximum atomic E-state index is 13.3. The van der Waals surface area contributed by atoms with Gasteiger partial charge in [0.1, 0.15) is 12.1 Å². The first-order valence-corrected chi connectivity index (χ1v) is 11.3. The van der Waals surface area contributed by atoms with Crippen molar-refractivity contribution in [3.63, 3.8) is 0 Å². The Balaban J connectivity index is 1.56. The van der Waals surface area contributed by atoms with Gasteiger partial charge in [0.2, 0.25) is 0 Å². The fourth-order valence-electron chi connectivity index (χ4n) is 4.15. The zero-order valence-corrected chi connectivity index (χ0v) is 18.9. The van der Waals surface area contributed by atoms with Crippen molar-refractivity contribution >= 4 is 56.4 Å². The molecular weight excluding hydrogens is 498 g/mol. The number of aryl methyl sites for hydroxylation is 1. The van der Waals surface area contributed by atoms with E-state index in [1.807, 2.05) is 36.6 Å². The highest BCUT2D eigenvalue weighted by molar-refractivity contribution is 9.10. The molecule has 1 aromatic heterocycles. The molecule has 0 radical (unpaired) electrons. The van der Waals surface area contributed by atoms with Gasteiger partial charge in [-0.3, -0.25) is 34.3 Å². The molecule has 0 spiro atoms. The van der Waals surface area contributed by atoms with Gasteiger partial charge < -0.3 is 0 Å². The number of hydrogen-bond acceptors (Lipinski definition) is 6. The highest BCUT2D eigenvalue weighted by Crippen LogP contribution is 2.46. The number of nitrogens with zero attached hydrogens (tertiary/aromatic N) is 3. The van der Waals surface area contributed by atoms with Crippen LogP contribution < -0.4 is 4.90 Å². The second-order valence-corrected chi connectivity index (χ2v) is 9.35. The van der Waals surface area contributed by atoms with Gasteiger partial charge in [0.25, 0.3) is 23.4 Å². The number of halogens is 1. The van der Waals surface area contributed by atoms with Gasteiger partial charge in [-0.15, -0.1) is 11.3 Å². The van der Waals surface area contributed by atoms with Crippen molar-refractivity contribution in [2.24, 2.45) is 0 Å². The van der Waals surface area contributed by atoms with Gasteiger partial charge in [-0.2, -0.15) is 0 Å². The lowest BCUT2D eigenvalue weighted by atomic mass is 9.90. The summed E-state index contributed by atoms with van der Waals surface area (Å²) in [6.45, 7) is 1.91. The Morgan fingerprint density at radius 2 is 1.72 bits per heavy atom. The zero-order chi connectivity index (χ0) is 22.7. The van der Waals surface area contributed by atoms with Crippen LogP contribution in [0.1, 0.15) is 37.2 Å². The van der Waals surface area contributed by atoms with E-state index in [9.17, 15) is 24.5 Å². The third kappa shape index (κ3) is 2.90. The van der Waals surface area contributed by atoms with E-state index >= 15 is 0 Å². The van der Waals surface area contributed by atoms with Gasteiger partial charge in [0, 0.05) is 27.2 Å². The molecule has 3 heterocycles. The summed E-state index contributed by atoms with van der Waals surface area (Å²) in [6, 6.07) is 11.2. The van der Waals surface area contributed by atoms with E-state index in [0.717, 1.165) is 25.9 Å². The lowest BCUT2D eigenvalue weighted by Crippen LogP contribution is -2.67. The molecule has 0 N–H and O–H groups in total. The summed E-state index contributed by atoms with van der Waals surface area (Å²) in [5, 5.41) is 13.0. The van der Waals surface area contributed by atoms with Gasteiger partial charge >= 0.3 is 0 Å². The van der Waals surface area contributed by atoms with Crippen LogP contribution in [0.15, 0.2) is 58.4 Å². The standard InChI is InChI=1S/C22H14BrN3O5S/c1-11-9-12(5-7-16(11)23)24-18(17-3-2-8-32-17)19(22(24)29)25-20(27)14-6-4-13(26(30)31)10-15(14)21(25)28/h2-10,18-19H,1H3/t18-,19-/m0/s1. The molecule has 160 valence electrons. The van der Waals surface area contributed by atoms with E-state index in [4.69, 9.17) is 0 Å². The first kappa shape index (κ1) is 20.5. The Hall–Kier alpha value is -3.37. The van der Waals surface area contributed by atoms with E-state index in [1.54, 1.807) is 11.0 Å². The average Bonchev–Trinajstić information content (AvgIpc) is 3.37. The summed E-state index contributed by atoms with van der Waals surface area (Å²) < 4.78 is 0.903. The van der Waals surface area contributed by atoms with Crippen molar-refractivity contribution in [2.45, 2.75) is 19.0 Å². The molecule has 3 aromatic rings. The maximum absolute atomic E-state index is 13.3. The van der Waals surface area contributed by atoms with Gasteiger partial charge in [-0.25, -0.2) is 0 Å². The maximum Gasteiger partial charge on any atom is 0.270 e. The fourth-order valence-corrected chi connectivity index (χ4v) is 5.24. The molecule has 1 fully saturated rings. The number of nitro benzene ring substituents is 1. The van der Waals surface area contributed by atoms with Crippen molar-refractivity contribution in [3.8, 4) is 0 Å². The van der Waals surface area contributed by atoms with Gasteiger partial charge in [0.05, 0.1) is 16.1 Å². The molecule has 0 aliphatic carbocycles. The number of non-ortho nitro benzene ring substituents is 1. The van der Waals surface area contributed by atoms with E-state index in [0.29, 0.717) is 5.69 Å². The average molecular weight is 512 g/mol. The van der Waals surface area contributed by atoms with E-state index < -0.39 is 28.8 Å². The number of amides is 3. The summed E-state index contributed by atoms with van der Waals surface area (Å²) in [7, 11) is 0. The van der Waals surface area contributed by atoms with Gasteiger partial charge in [-0.1, -0.05) is 22.0 Å². The van der Waals surface area contributed by atoms with Crippen molar-refractivity contribution in [2.75, 3.05) is 4.90 Å². The van der Waals surface area contributed by atoms with Gasteiger partial charge in [-0.05, 0) is 48.2 Å². The number of benzene rings is 2. The third-order valence-corrected chi connectivity index (χ3v) is 7.55. The van der Waals surface area contributed by atoms with Crippen molar-refractivity contribution in [1.29, 1.82) is 0 Å². The summed E-state index contributed by atoms with van der Waals surface area (Å²) >= 11 is 4.88. The van der Waals surface area contributed by atoms with Crippen LogP contribution >= 0.6 is 27.3 Å². The number of imide groups is 1. The Bertz CT molecular complexity index is 1320. The van der Waals surface area contributed by atoms with E-state index in [1.165, 1.54) is 23.5 Å². The minimum absolute atomic E-state index is 0.0557. The Labute approximate surface area is 194 Å². The molecule has 2 aromatic carbocycles. The fraction of sp³-hybridized carbons (Fsp3) is 0.136. The number of thiophene rings is 1. The first-order valence-electron chi connectivity index (χ1n) is 9.58. The quantitative estimate of drug-likeness (QED) is 0.222. The number of hydrogen-bond donors (Lipinski definition) is 0. The number of carbonyl (C=O) groups excluding carboxylic acids is 3. The van der Waals surface area contributed by atoms with E-state index in [-0.39, 0.29) is 22.7 Å². The number of fused-ring (bicyclic) bond motifs is 1. The minimum Gasteiger partial charge on any atom is -0.300 e.